The monoisotopic (exact) mass is 475 g/mol. The number of carbonyl (C=O) groups excluding carboxylic acids is 1. The molecule has 1 amide bonds. The molecule has 0 radical (unpaired) electrons. The van der Waals surface area contributed by atoms with E-state index in [1.54, 1.807) is 24.3 Å². The van der Waals surface area contributed by atoms with E-state index in [0.717, 1.165) is 16.8 Å². The van der Waals surface area contributed by atoms with Crippen molar-refractivity contribution in [1.82, 2.24) is 5.43 Å². The molecule has 0 aliphatic carbocycles. The lowest BCUT2D eigenvalue weighted by Crippen LogP contribution is -2.17. The summed E-state index contributed by atoms with van der Waals surface area (Å²) in [4.78, 5) is 22.2. The van der Waals surface area contributed by atoms with Crippen LogP contribution in [0.2, 0.25) is 0 Å². The van der Waals surface area contributed by atoms with Crippen LogP contribution in [0.25, 0.3) is 10.8 Å². The number of hydrogen-bond acceptors (Lipinski definition) is 7. The van der Waals surface area contributed by atoms with E-state index in [-0.39, 0.29) is 22.2 Å². The van der Waals surface area contributed by atoms with Crippen LogP contribution < -0.4 is 9.61 Å². The van der Waals surface area contributed by atoms with Crippen molar-refractivity contribution in [2.24, 2.45) is 5.10 Å². The van der Waals surface area contributed by atoms with E-state index in [0.29, 0.717) is 11.1 Å². The molecule has 4 aromatic rings. The van der Waals surface area contributed by atoms with Crippen LogP contribution in [0.4, 0.5) is 5.69 Å². The van der Waals surface area contributed by atoms with Gasteiger partial charge in [-0.2, -0.15) is 13.5 Å². The highest BCUT2D eigenvalue weighted by Crippen LogP contribution is 2.22. The molecule has 170 valence electrons. The number of fused-ring (bicyclic) bond motifs is 1. The zero-order valence-corrected chi connectivity index (χ0v) is 18.3. The summed E-state index contributed by atoms with van der Waals surface area (Å²) in [6, 6.07) is 23.5. The Morgan fingerprint density at radius 1 is 0.912 bits per heavy atom. The Kier molecular flexibility index (Phi) is 6.33. The van der Waals surface area contributed by atoms with E-state index in [9.17, 15) is 23.3 Å². The molecule has 0 aliphatic heterocycles. The Morgan fingerprint density at radius 3 is 2.38 bits per heavy atom. The number of non-ortho nitro benzene ring substituents is 1. The summed E-state index contributed by atoms with van der Waals surface area (Å²) in [5.41, 5.74) is 3.14. The van der Waals surface area contributed by atoms with E-state index >= 15 is 0 Å². The molecule has 0 spiro atoms. The Labute approximate surface area is 194 Å². The van der Waals surface area contributed by atoms with Crippen molar-refractivity contribution in [1.29, 1.82) is 0 Å². The van der Waals surface area contributed by atoms with Crippen LogP contribution in [0.1, 0.15) is 15.9 Å². The summed E-state index contributed by atoms with van der Waals surface area (Å²) in [7, 11) is -4.25. The lowest BCUT2D eigenvalue weighted by atomic mass is 10.1. The summed E-state index contributed by atoms with van der Waals surface area (Å²) in [5, 5.41) is 16.8. The molecule has 0 saturated heterocycles. The number of nitro benzene ring substituents is 1. The quantitative estimate of drug-likeness (QED) is 0.184. The summed E-state index contributed by atoms with van der Waals surface area (Å²) in [6.45, 7) is 0. The van der Waals surface area contributed by atoms with Crippen LogP contribution in [-0.4, -0.2) is 25.5 Å². The molecule has 10 heteroatoms. The lowest BCUT2D eigenvalue weighted by molar-refractivity contribution is -0.385. The van der Waals surface area contributed by atoms with Crippen molar-refractivity contribution in [3.8, 4) is 5.75 Å². The van der Waals surface area contributed by atoms with Gasteiger partial charge in [-0.3, -0.25) is 14.9 Å². The van der Waals surface area contributed by atoms with Crippen LogP contribution in [-0.2, 0) is 10.1 Å². The van der Waals surface area contributed by atoms with Gasteiger partial charge in [-0.05, 0) is 58.8 Å². The van der Waals surface area contributed by atoms with Gasteiger partial charge in [0.25, 0.3) is 11.6 Å². The Morgan fingerprint density at radius 2 is 1.65 bits per heavy atom. The maximum atomic E-state index is 12.4. The first kappa shape index (κ1) is 22.6. The molecule has 0 aliphatic rings. The topological polar surface area (TPSA) is 128 Å². The van der Waals surface area contributed by atoms with Crippen molar-refractivity contribution in [3.05, 3.63) is 112 Å². The van der Waals surface area contributed by atoms with E-state index in [1.807, 2.05) is 30.3 Å². The second-order valence-electron chi connectivity index (χ2n) is 7.12. The van der Waals surface area contributed by atoms with Gasteiger partial charge in [-0.15, -0.1) is 0 Å². The van der Waals surface area contributed by atoms with E-state index < -0.39 is 15.0 Å². The minimum Gasteiger partial charge on any atom is -0.379 e. The van der Waals surface area contributed by atoms with E-state index in [1.165, 1.54) is 36.5 Å². The molecule has 0 atom stereocenters. The normalized spacial score (nSPS) is 11.4. The molecule has 0 saturated carbocycles. The zero-order valence-electron chi connectivity index (χ0n) is 17.5. The number of hydrogen-bond donors (Lipinski definition) is 1. The Hall–Kier alpha value is -4.57. The molecule has 0 fully saturated rings. The molecule has 34 heavy (non-hydrogen) atoms. The molecule has 4 rings (SSSR count). The van der Waals surface area contributed by atoms with Gasteiger partial charge >= 0.3 is 10.1 Å². The van der Waals surface area contributed by atoms with Crippen molar-refractivity contribution in [3.63, 3.8) is 0 Å². The van der Waals surface area contributed by atoms with Crippen molar-refractivity contribution < 1.29 is 22.3 Å². The molecular formula is C24H17N3O6S. The third-order valence-corrected chi connectivity index (χ3v) is 6.04. The highest BCUT2D eigenvalue weighted by atomic mass is 32.2. The van der Waals surface area contributed by atoms with Crippen LogP contribution in [0, 0.1) is 10.1 Å². The second kappa shape index (κ2) is 9.51. The van der Waals surface area contributed by atoms with Crippen LogP contribution >= 0.6 is 0 Å². The van der Waals surface area contributed by atoms with Gasteiger partial charge in [0.2, 0.25) is 0 Å². The molecular weight excluding hydrogens is 458 g/mol. The van der Waals surface area contributed by atoms with Crippen LogP contribution in [0.3, 0.4) is 0 Å². The van der Waals surface area contributed by atoms with Gasteiger partial charge in [0.05, 0.1) is 11.1 Å². The van der Waals surface area contributed by atoms with Crippen LogP contribution in [0.15, 0.2) is 101 Å². The average molecular weight is 475 g/mol. The fourth-order valence-electron chi connectivity index (χ4n) is 3.10. The molecule has 4 aromatic carbocycles. The molecule has 0 aromatic heterocycles. The highest BCUT2D eigenvalue weighted by Gasteiger charge is 2.19. The van der Waals surface area contributed by atoms with E-state index in [4.69, 9.17) is 4.18 Å². The number of amides is 1. The largest absolute Gasteiger partial charge is 0.379 e. The van der Waals surface area contributed by atoms with E-state index in [2.05, 4.69) is 10.5 Å². The van der Waals surface area contributed by atoms with Gasteiger partial charge in [0, 0.05) is 17.7 Å². The summed E-state index contributed by atoms with van der Waals surface area (Å²) in [5.74, 6) is -0.353. The third kappa shape index (κ3) is 5.25. The zero-order chi connectivity index (χ0) is 24.1. The van der Waals surface area contributed by atoms with Gasteiger partial charge < -0.3 is 4.18 Å². The average Bonchev–Trinajstić information content (AvgIpc) is 2.84. The smallest absolute Gasteiger partial charge is 0.339 e. The second-order valence-corrected chi connectivity index (χ2v) is 8.67. The predicted molar refractivity (Wildman–Crippen MR) is 126 cm³/mol. The first-order valence-electron chi connectivity index (χ1n) is 9.93. The highest BCUT2D eigenvalue weighted by molar-refractivity contribution is 7.87. The third-order valence-electron chi connectivity index (χ3n) is 4.79. The number of nitro groups is 1. The maximum absolute atomic E-state index is 12.4. The fraction of sp³-hybridized carbons (Fsp3) is 0. The fourth-order valence-corrected chi connectivity index (χ4v) is 4.07. The molecule has 0 unspecified atom stereocenters. The minimum atomic E-state index is -4.25. The SMILES string of the molecule is O=C(N/N=C\c1ccc(OS(=O)(=O)c2cccc([N+](=O)[O-])c2)cc1)c1ccc2ccccc2c1. The number of hydrazone groups is 1. The number of nitrogens with zero attached hydrogens (tertiary/aromatic N) is 2. The van der Waals surface area contributed by atoms with Gasteiger partial charge in [0.15, 0.2) is 0 Å². The maximum Gasteiger partial charge on any atom is 0.339 e. The van der Waals surface area contributed by atoms with Gasteiger partial charge in [0.1, 0.15) is 10.6 Å². The van der Waals surface area contributed by atoms with Gasteiger partial charge in [-0.25, -0.2) is 5.43 Å². The first-order valence-corrected chi connectivity index (χ1v) is 11.3. The number of benzene rings is 4. The Balaban J connectivity index is 1.39. The number of rotatable bonds is 7. The molecule has 9 nitrogen and oxygen atoms in total. The summed E-state index contributed by atoms with van der Waals surface area (Å²) >= 11 is 0. The first-order chi connectivity index (χ1) is 16.3. The summed E-state index contributed by atoms with van der Waals surface area (Å²) < 4.78 is 29.9. The molecule has 0 bridgehead atoms. The Bertz CT molecular complexity index is 1520. The van der Waals surface area contributed by atoms with Crippen molar-refractivity contribution >= 4 is 38.7 Å². The predicted octanol–water partition coefficient (Wildman–Crippen LogP) is 4.28. The number of nitrogens with one attached hydrogen (secondary N) is 1. The van der Waals surface area contributed by atoms with Crippen molar-refractivity contribution in [2.75, 3.05) is 0 Å². The molecule has 0 heterocycles. The summed E-state index contributed by atoms with van der Waals surface area (Å²) in [6.07, 6.45) is 1.40. The van der Waals surface area contributed by atoms with Crippen LogP contribution in [0.5, 0.6) is 5.75 Å². The minimum absolute atomic E-state index is 0.0175. The van der Waals surface area contributed by atoms with Crippen molar-refractivity contribution in [2.45, 2.75) is 4.90 Å². The standard InChI is InChI=1S/C24H17N3O6S/c28-24(20-11-10-18-4-1-2-5-19(18)14-20)26-25-16-17-8-12-22(13-9-17)33-34(31,32)23-7-3-6-21(15-23)27(29)30/h1-16H,(H,26,28)/b25-16-. The number of carbonyl (C=O) groups is 1. The van der Waals surface area contributed by atoms with Gasteiger partial charge in [-0.1, -0.05) is 36.4 Å². The molecule has 1 N–H and O–H groups in total. The lowest BCUT2D eigenvalue weighted by Gasteiger charge is -2.07.